The van der Waals surface area contributed by atoms with Gasteiger partial charge in [-0.3, -0.25) is 9.59 Å². The van der Waals surface area contributed by atoms with E-state index in [0.717, 1.165) is 28.1 Å². The number of hydrogen-bond acceptors (Lipinski definition) is 4. The normalized spacial score (nSPS) is 10.8. The zero-order valence-corrected chi connectivity index (χ0v) is 18.3. The molecule has 4 rings (SSSR count). The van der Waals surface area contributed by atoms with Crippen molar-refractivity contribution in [2.45, 2.75) is 13.8 Å². The summed E-state index contributed by atoms with van der Waals surface area (Å²) in [5, 5.41) is 11.6. The molecule has 3 aromatic carbocycles. The van der Waals surface area contributed by atoms with Crippen LogP contribution in [0.15, 0.2) is 90.2 Å². The van der Waals surface area contributed by atoms with Crippen molar-refractivity contribution in [3.8, 4) is 16.9 Å². The minimum absolute atomic E-state index is 0.169. The van der Waals surface area contributed by atoms with Gasteiger partial charge in [-0.05, 0) is 43.3 Å². The average molecular weight is 438 g/mol. The van der Waals surface area contributed by atoms with E-state index in [1.54, 1.807) is 35.2 Å². The monoisotopic (exact) mass is 437 g/mol. The molecule has 0 aliphatic rings. The van der Waals surface area contributed by atoms with Gasteiger partial charge in [0.2, 0.25) is 5.91 Å². The van der Waals surface area contributed by atoms with Crippen LogP contribution in [0.5, 0.6) is 0 Å². The number of amides is 2. The zero-order valence-electron chi connectivity index (χ0n) is 18.3. The molecule has 0 atom stereocenters. The summed E-state index contributed by atoms with van der Waals surface area (Å²) in [6.07, 6.45) is 3.47. The van der Waals surface area contributed by atoms with Crippen LogP contribution in [0.25, 0.3) is 16.9 Å². The second-order valence-electron chi connectivity index (χ2n) is 7.54. The van der Waals surface area contributed by atoms with Crippen LogP contribution in [0.4, 0.5) is 5.69 Å². The van der Waals surface area contributed by atoms with Crippen molar-refractivity contribution in [2.24, 2.45) is 5.10 Å². The maximum absolute atomic E-state index is 12.5. The Balaban J connectivity index is 1.56. The van der Waals surface area contributed by atoms with Gasteiger partial charge in [0.15, 0.2) is 0 Å². The van der Waals surface area contributed by atoms with E-state index in [4.69, 9.17) is 5.10 Å². The summed E-state index contributed by atoms with van der Waals surface area (Å²) in [6, 6.07) is 24.5. The van der Waals surface area contributed by atoms with E-state index in [0.29, 0.717) is 11.3 Å². The van der Waals surface area contributed by atoms with Gasteiger partial charge in [-0.2, -0.15) is 10.2 Å². The van der Waals surface area contributed by atoms with Gasteiger partial charge in [0, 0.05) is 35.5 Å². The van der Waals surface area contributed by atoms with Gasteiger partial charge in [0.05, 0.1) is 11.9 Å². The number of benzene rings is 3. The number of hydrogen-bond donors (Lipinski definition) is 2. The van der Waals surface area contributed by atoms with Crippen LogP contribution in [0.1, 0.15) is 28.4 Å². The van der Waals surface area contributed by atoms with E-state index in [-0.39, 0.29) is 11.8 Å². The van der Waals surface area contributed by atoms with Crippen LogP contribution in [-0.4, -0.2) is 27.8 Å². The second-order valence-corrected chi connectivity index (χ2v) is 7.54. The van der Waals surface area contributed by atoms with Crippen LogP contribution in [0.2, 0.25) is 0 Å². The van der Waals surface area contributed by atoms with Crippen molar-refractivity contribution in [2.75, 3.05) is 5.32 Å². The Kier molecular flexibility index (Phi) is 6.40. The largest absolute Gasteiger partial charge is 0.326 e. The zero-order chi connectivity index (χ0) is 23.2. The van der Waals surface area contributed by atoms with Crippen LogP contribution in [0.3, 0.4) is 0 Å². The molecular weight excluding hydrogens is 414 g/mol. The Bertz CT molecular complexity index is 1290. The van der Waals surface area contributed by atoms with E-state index in [2.05, 4.69) is 15.8 Å². The number of aryl methyl sites for hydroxylation is 1. The van der Waals surface area contributed by atoms with Gasteiger partial charge in [-0.1, -0.05) is 48.0 Å². The number of anilines is 1. The molecule has 0 bridgehead atoms. The topological polar surface area (TPSA) is 88.4 Å². The first-order chi connectivity index (χ1) is 16.0. The molecule has 7 heteroatoms. The number of carbonyl (C=O) groups excluding carboxylic acids is 2. The molecule has 0 radical (unpaired) electrons. The fourth-order valence-electron chi connectivity index (χ4n) is 3.26. The molecule has 0 spiro atoms. The molecule has 2 N–H and O–H groups in total. The number of nitrogens with zero attached hydrogens (tertiary/aromatic N) is 3. The van der Waals surface area contributed by atoms with Gasteiger partial charge < -0.3 is 5.32 Å². The number of nitrogens with one attached hydrogen (secondary N) is 2. The second kappa shape index (κ2) is 9.74. The quantitative estimate of drug-likeness (QED) is 0.342. The lowest BCUT2D eigenvalue weighted by Gasteiger charge is -2.03. The molecule has 33 heavy (non-hydrogen) atoms. The molecule has 0 saturated carbocycles. The Morgan fingerprint density at radius 3 is 2.30 bits per heavy atom. The predicted molar refractivity (Wildman–Crippen MR) is 130 cm³/mol. The van der Waals surface area contributed by atoms with E-state index in [1.807, 2.05) is 67.7 Å². The molecule has 0 unspecified atom stereocenters. The lowest BCUT2D eigenvalue weighted by Crippen LogP contribution is -2.17. The van der Waals surface area contributed by atoms with Crippen molar-refractivity contribution in [3.63, 3.8) is 0 Å². The minimum atomic E-state index is -0.354. The fraction of sp³-hybridized carbons (Fsp3) is 0.0769. The highest BCUT2D eigenvalue weighted by molar-refractivity contribution is 5.96. The van der Waals surface area contributed by atoms with Gasteiger partial charge in [0.1, 0.15) is 5.69 Å². The number of hydrazone groups is 1. The highest BCUT2D eigenvalue weighted by Crippen LogP contribution is 2.23. The molecule has 164 valence electrons. The summed E-state index contributed by atoms with van der Waals surface area (Å²) < 4.78 is 1.79. The summed E-state index contributed by atoms with van der Waals surface area (Å²) in [6.45, 7) is 3.47. The fourth-order valence-corrected chi connectivity index (χ4v) is 3.26. The summed E-state index contributed by atoms with van der Waals surface area (Å²) in [4.78, 5) is 23.6. The highest BCUT2D eigenvalue weighted by atomic mass is 16.2. The Hall–Kier alpha value is -4.52. The summed E-state index contributed by atoms with van der Waals surface area (Å²) >= 11 is 0. The number of para-hydroxylation sites is 1. The van der Waals surface area contributed by atoms with Gasteiger partial charge in [-0.25, -0.2) is 10.1 Å². The maximum atomic E-state index is 12.5. The Morgan fingerprint density at radius 2 is 1.64 bits per heavy atom. The van der Waals surface area contributed by atoms with E-state index < -0.39 is 0 Å². The molecular formula is C26H23N5O2. The van der Waals surface area contributed by atoms with Crippen molar-refractivity contribution in [3.05, 3.63) is 102 Å². The van der Waals surface area contributed by atoms with Gasteiger partial charge in [0.25, 0.3) is 5.91 Å². The van der Waals surface area contributed by atoms with E-state index >= 15 is 0 Å². The smallest absolute Gasteiger partial charge is 0.271 e. The van der Waals surface area contributed by atoms with Crippen molar-refractivity contribution in [1.29, 1.82) is 0 Å². The van der Waals surface area contributed by atoms with Crippen LogP contribution in [0, 0.1) is 6.92 Å². The van der Waals surface area contributed by atoms with Crippen molar-refractivity contribution < 1.29 is 9.59 Å². The van der Waals surface area contributed by atoms with E-state index in [1.165, 1.54) is 6.92 Å². The van der Waals surface area contributed by atoms with Crippen LogP contribution >= 0.6 is 0 Å². The third kappa shape index (κ3) is 5.40. The number of aromatic nitrogens is 2. The molecule has 4 aromatic rings. The van der Waals surface area contributed by atoms with Gasteiger partial charge >= 0.3 is 0 Å². The number of rotatable bonds is 6. The van der Waals surface area contributed by atoms with E-state index in [9.17, 15) is 9.59 Å². The van der Waals surface area contributed by atoms with Crippen LogP contribution in [-0.2, 0) is 4.79 Å². The lowest BCUT2D eigenvalue weighted by atomic mass is 10.1. The van der Waals surface area contributed by atoms with Gasteiger partial charge in [-0.15, -0.1) is 0 Å². The average Bonchev–Trinajstić information content (AvgIpc) is 3.24. The maximum Gasteiger partial charge on any atom is 0.271 e. The highest BCUT2D eigenvalue weighted by Gasteiger charge is 2.11. The molecule has 7 nitrogen and oxygen atoms in total. The summed E-state index contributed by atoms with van der Waals surface area (Å²) in [5.74, 6) is -0.523. The molecule has 0 saturated heterocycles. The predicted octanol–water partition coefficient (Wildman–Crippen LogP) is 4.57. The molecule has 2 amide bonds. The standard InChI is InChI=1S/C26H23N5O2/c1-18-8-10-20(11-9-18)25-22(17-31(30-25)24-6-4-3-5-7-24)16-27-29-26(33)21-12-14-23(15-13-21)28-19(2)32/h3-17H,1-2H3,(H,28,32)(H,29,33)/b27-16-. The summed E-state index contributed by atoms with van der Waals surface area (Å²) in [7, 11) is 0. The lowest BCUT2D eigenvalue weighted by molar-refractivity contribution is -0.114. The first kappa shape index (κ1) is 21.7. The Labute approximate surface area is 191 Å². The SMILES string of the molecule is CC(=O)Nc1ccc(C(=O)N/N=C\c2cn(-c3ccccc3)nc2-c2ccc(C)cc2)cc1. The third-order valence-corrected chi connectivity index (χ3v) is 4.93. The molecule has 1 aromatic heterocycles. The Morgan fingerprint density at radius 1 is 0.939 bits per heavy atom. The number of carbonyl (C=O) groups is 2. The molecule has 1 heterocycles. The first-order valence-electron chi connectivity index (χ1n) is 10.4. The first-order valence-corrected chi connectivity index (χ1v) is 10.4. The van der Waals surface area contributed by atoms with Crippen LogP contribution < -0.4 is 10.7 Å². The minimum Gasteiger partial charge on any atom is -0.326 e. The molecule has 0 fully saturated rings. The van der Waals surface area contributed by atoms with Crippen molar-refractivity contribution in [1.82, 2.24) is 15.2 Å². The third-order valence-electron chi connectivity index (χ3n) is 4.93. The summed E-state index contributed by atoms with van der Waals surface area (Å²) in [5.41, 5.74) is 8.17. The van der Waals surface area contributed by atoms with Crippen molar-refractivity contribution >= 4 is 23.7 Å². The molecule has 0 aliphatic carbocycles. The molecule has 0 aliphatic heterocycles.